The molecule has 0 saturated heterocycles. The van der Waals surface area contributed by atoms with Gasteiger partial charge in [0.15, 0.2) is 5.78 Å². The van der Waals surface area contributed by atoms with Gasteiger partial charge in [-0.1, -0.05) is 29.8 Å². The molecule has 0 spiro atoms. The molecule has 0 bridgehead atoms. The molecule has 3 heteroatoms. The van der Waals surface area contributed by atoms with Crippen LogP contribution in [0, 0.1) is 19.7 Å². The van der Waals surface area contributed by atoms with Crippen LogP contribution in [0.5, 0.6) is 0 Å². The number of Topliss-reactive ketones (excluding diaryl/α,β-unsaturated/α-hetero) is 1. The van der Waals surface area contributed by atoms with Gasteiger partial charge in [-0.15, -0.1) is 0 Å². The zero-order chi connectivity index (χ0) is 14.7. The van der Waals surface area contributed by atoms with Gasteiger partial charge in [0, 0.05) is 12.0 Å². The van der Waals surface area contributed by atoms with Crippen LogP contribution in [0.15, 0.2) is 40.9 Å². The average Bonchev–Trinajstić information content (AvgIpc) is 2.40. The highest BCUT2D eigenvalue weighted by atomic mass is 79.9. The van der Waals surface area contributed by atoms with Crippen LogP contribution in [-0.2, 0) is 6.42 Å². The van der Waals surface area contributed by atoms with Crippen LogP contribution in [-0.4, -0.2) is 5.78 Å². The molecule has 0 unspecified atom stereocenters. The Hall–Kier alpha value is -1.48. The fourth-order valence-electron chi connectivity index (χ4n) is 2.19. The lowest BCUT2D eigenvalue weighted by Gasteiger charge is -2.07. The van der Waals surface area contributed by atoms with Gasteiger partial charge in [-0.05, 0) is 59.5 Å². The molecule has 0 N–H and O–H groups in total. The molecule has 2 aromatic rings. The molecule has 0 saturated carbocycles. The van der Waals surface area contributed by atoms with Crippen LogP contribution < -0.4 is 0 Å². The monoisotopic (exact) mass is 334 g/mol. The van der Waals surface area contributed by atoms with Crippen molar-refractivity contribution in [3.63, 3.8) is 0 Å². The predicted molar refractivity (Wildman–Crippen MR) is 82.7 cm³/mol. The third kappa shape index (κ3) is 3.54. The Labute approximate surface area is 127 Å². The molecular formula is C17H16BrFO. The minimum atomic E-state index is -0.401. The van der Waals surface area contributed by atoms with E-state index in [2.05, 4.69) is 28.1 Å². The summed E-state index contributed by atoms with van der Waals surface area (Å²) in [6, 6.07) is 10.7. The molecule has 0 aliphatic rings. The van der Waals surface area contributed by atoms with Gasteiger partial charge in [0.05, 0.1) is 4.47 Å². The molecular weight excluding hydrogens is 319 g/mol. The zero-order valence-corrected chi connectivity index (χ0v) is 13.1. The van der Waals surface area contributed by atoms with Gasteiger partial charge in [-0.2, -0.15) is 0 Å². The van der Waals surface area contributed by atoms with Crippen LogP contribution >= 0.6 is 15.9 Å². The molecule has 0 aliphatic carbocycles. The molecule has 0 aromatic heterocycles. The highest BCUT2D eigenvalue weighted by molar-refractivity contribution is 9.10. The number of rotatable bonds is 4. The second-order valence-corrected chi connectivity index (χ2v) is 5.84. The normalized spacial score (nSPS) is 10.6. The molecule has 0 heterocycles. The third-order valence-corrected chi connectivity index (χ3v) is 4.00. The number of carbonyl (C=O) groups is 1. The largest absolute Gasteiger partial charge is 0.294 e. The molecule has 20 heavy (non-hydrogen) atoms. The van der Waals surface area contributed by atoms with Crippen molar-refractivity contribution in [2.24, 2.45) is 0 Å². The van der Waals surface area contributed by atoms with Crippen molar-refractivity contribution in [3.8, 4) is 0 Å². The SMILES string of the molecule is Cc1ccc(CCC(=O)c2ccc(Br)c(F)c2)c(C)c1. The molecule has 0 aliphatic heterocycles. The van der Waals surface area contributed by atoms with Crippen LogP contribution in [0.3, 0.4) is 0 Å². The quantitative estimate of drug-likeness (QED) is 0.717. The summed E-state index contributed by atoms with van der Waals surface area (Å²) in [4.78, 5) is 12.1. The number of hydrogen-bond donors (Lipinski definition) is 0. The van der Waals surface area contributed by atoms with E-state index in [1.807, 2.05) is 19.9 Å². The first kappa shape index (κ1) is 14.9. The Kier molecular flexibility index (Phi) is 4.71. The lowest BCUT2D eigenvalue weighted by molar-refractivity contribution is 0.0982. The van der Waals surface area contributed by atoms with Gasteiger partial charge >= 0.3 is 0 Å². The summed E-state index contributed by atoms with van der Waals surface area (Å²) in [6.45, 7) is 4.10. The van der Waals surface area contributed by atoms with Crippen LogP contribution in [0.2, 0.25) is 0 Å². The smallest absolute Gasteiger partial charge is 0.163 e. The summed E-state index contributed by atoms with van der Waals surface area (Å²) in [6.07, 6.45) is 1.08. The standard InChI is InChI=1S/C17H16BrFO/c1-11-3-4-13(12(2)9-11)6-8-17(20)14-5-7-15(18)16(19)10-14/h3-5,7,9-10H,6,8H2,1-2H3. The van der Waals surface area contributed by atoms with E-state index in [1.54, 1.807) is 12.1 Å². The van der Waals surface area contributed by atoms with E-state index in [0.717, 1.165) is 0 Å². The van der Waals surface area contributed by atoms with Crippen molar-refractivity contribution in [2.75, 3.05) is 0 Å². The number of benzene rings is 2. The van der Waals surface area contributed by atoms with Gasteiger partial charge in [0.25, 0.3) is 0 Å². The molecule has 0 amide bonds. The van der Waals surface area contributed by atoms with E-state index in [-0.39, 0.29) is 5.78 Å². The van der Waals surface area contributed by atoms with E-state index in [1.165, 1.54) is 22.8 Å². The fourth-order valence-corrected chi connectivity index (χ4v) is 2.44. The highest BCUT2D eigenvalue weighted by Crippen LogP contribution is 2.19. The van der Waals surface area contributed by atoms with E-state index in [9.17, 15) is 9.18 Å². The molecule has 104 valence electrons. The lowest BCUT2D eigenvalue weighted by atomic mass is 9.98. The summed E-state index contributed by atoms with van der Waals surface area (Å²) in [5.74, 6) is -0.432. The average molecular weight is 335 g/mol. The minimum absolute atomic E-state index is 0.0311. The van der Waals surface area contributed by atoms with Crippen LogP contribution in [0.25, 0.3) is 0 Å². The first-order valence-corrected chi connectivity index (χ1v) is 7.31. The summed E-state index contributed by atoms with van der Waals surface area (Å²) in [7, 11) is 0. The molecule has 2 aromatic carbocycles. The zero-order valence-electron chi connectivity index (χ0n) is 11.5. The van der Waals surface area contributed by atoms with E-state index in [4.69, 9.17) is 0 Å². The molecule has 0 radical (unpaired) electrons. The van der Waals surface area contributed by atoms with Crippen molar-refractivity contribution < 1.29 is 9.18 Å². The topological polar surface area (TPSA) is 17.1 Å². The van der Waals surface area contributed by atoms with Crippen molar-refractivity contribution in [1.29, 1.82) is 0 Å². The predicted octanol–water partition coefficient (Wildman–Crippen LogP) is 5.02. The van der Waals surface area contributed by atoms with Gasteiger partial charge in [-0.3, -0.25) is 4.79 Å². The second-order valence-electron chi connectivity index (χ2n) is 4.98. The minimum Gasteiger partial charge on any atom is -0.294 e. The Morgan fingerprint density at radius 3 is 2.55 bits per heavy atom. The number of carbonyl (C=O) groups excluding carboxylic acids is 1. The molecule has 1 nitrogen and oxygen atoms in total. The maximum absolute atomic E-state index is 13.4. The molecule has 0 atom stereocenters. The Balaban J connectivity index is 2.06. The van der Waals surface area contributed by atoms with Crippen molar-refractivity contribution >= 4 is 21.7 Å². The number of hydrogen-bond acceptors (Lipinski definition) is 1. The first-order valence-electron chi connectivity index (χ1n) is 6.52. The van der Waals surface area contributed by atoms with Crippen LogP contribution in [0.1, 0.15) is 33.5 Å². The summed E-state index contributed by atoms with van der Waals surface area (Å²) in [5, 5.41) is 0. The van der Waals surface area contributed by atoms with E-state index < -0.39 is 5.82 Å². The maximum atomic E-state index is 13.4. The Morgan fingerprint density at radius 1 is 1.15 bits per heavy atom. The number of aryl methyl sites for hydroxylation is 3. The molecule has 2 rings (SSSR count). The maximum Gasteiger partial charge on any atom is 0.163 e. The number of ketones is 1. The Morgan fingerprint density at radius 2 is 1.90 bits per heavy atom. The van der Waals surface area contributed by atoms with Crippen LogP contribution in [0.4, 0.5) is 4.39 Å². The van der Waals surface area contributed by atoms with Crippen molar-refractivity contribution in [3.05, 3.63) is 68.9 Å². The lowest BCUT2D eigenvalue weighted by Crippen LogP contribution is -2.03. The summed E-state index contributed by atoms with van der Waals surface area (Å²) in [5.41, 5.74) is 4.00. The second kappa shape index (κ2) is 6.31. The number of halogens is 2. The van der Waals surface area contributed by atoms with Crippen molar-refractivity contribution in [1.82, 2.24) is 0 Å². The van der Waals surface area contributed by atoms with E-state index >= 15 is 0 Å². The van der Waals surface area contributed by atoms with Gasteiger partial charge in [-0.25, -0.2) is 4.39 Å². The highest BCUT2D eigenvalue weighted by Gasteiger charge is 2.10. The third-order valence-electron chi connectivity index (χ3n) is 3.36. The Bertz CT molecular complexity index is 649. The fraction of sp³-hybridized carbons (Fsp3) is 0.235. The van der Waals surface area contributed by atoms with Gasteiger partial charge in [0.1, 0.15) is 5.82 Å². The van der Waals surface area contributed by atoms with Gasteiger partial charge < -0.3 is 0 Å². The van der Waals surface area contributed by atoms with Gasteiger partial charge in [0.2, 0.25) is 0 Å². The van der Waals surface area contributed by atoms with Crippen molar-refractivity contribution in [2.45, 2.75) is 26.7 Å². The summed E-state index contributed by atoms with van der Waals surface area (Å²) >= 11 is 3.08. The van der Waals surface area contributed by atoms with E-state index in [0.29, 0.717) is 22.9 Å². The first-order chi connectivity index (χ1) is 9.47. The molecule has 0 fully saturated rings. The summed E-state index contributed by atoms with van der Waals surface area (Å²) < 4.78 is 13.8.